The maximum Gasteiger partial charge on any atom is 0.338 e. The first-order valence-electron chi connectivity index (χ1n) is 8.36. The van der Waals surface area contributed by atoms with Gasteiger partial charge < -0.3 is 20.1 Å². The van der Waals surface area contributed by atoms with Gasteiger partial charge in [0.1, 0.15) is 5.75 Å². The van der Waals surface area contributed by atoms with E-state index in [2.05, 4.69) is 10.6 Å². The second kappa shape index (κ2) is 6.75. The van der Waals surface area contributed by atoms with E-state index >= 15 is 0 Å². The number of carbonyl (C=O) groups excluding carboxylic acids is 3. The standard InChI is InChI=1S/C20H20N2O5/c1-11-5-8-16-15(9-11)22-19(25)20(3,27-16)18(24)21-13-7-6-12(2)14(10-13)17(23)26-4/h5-10H,1-4H3,(H,21,24)(H,22,25). The molecule has 1 atom stereocenters. The van der Waals surface area contributed by atoms with Crippen LogP contribution in [-0.2, 0) is 14.3 Å². The zero-order chi connectivity index (χ0) is 19.8. The lowest BCUT2D eigenvalue weighted by atomic mass is 10.0. The number of amides is 2. The normalized spacial score (nSPS) is 18.0. The minimum atomic E-state index is -1.75. The summed E-state index contributed by atoms with van der Waals surface area (Å²) in [7, 11) is 1.29. The van der Waals surface area contributed by atoms with Gasteiger partial charge >= 0.3 is 5.97 Å². The molecule has 0 radical (unpaired) electrons. The maximum absolute atomic E-state index is 12.8. The second-order valence-corrected chi connectivity index (χ2v) is 6.56. The number of hydrogen-bond acceptors (Lipinski definition) is 5. The highest BCUT2D eigenvalue weighted by atomic mass is 16.5. The molecule has 2 aromatic rings. The smallest absolute Gasteiger partial charge is 0.338 e. The summed E-state index contributed by atoms with van der Waals surface area (Å²) in [6.07, 6.45) is 0. The number of nitrogens with one attached hydrogen (secondary N) is 2. The van der Waals surface area contributed by atoms with Gasteiger partial charge in [0.05, 0.1) is 18.4 Å². The fraction of sp³-hybridized carbons (Fsp3) is 0.250. The van der Waals surface area contributed by atoms with E-state index in [-0.39, 0.29) is 0 Å². The number of carbonyl (C=O) groups is 3. The van der Waals surface area contributed by atoms with Crippen molar-refractivity contribution >= 4 is 29.2 Å². The molecule has 140 valence electrons. The van der Waals surface area contributed by atoms with Gasteiger partial charge in [-0.25, -0.2) is 4.79 Å². The lowest BCUT2D eigenvalue weighted by molar-refractivity contribution is -0.143. The summed E-state index contributed by atoms with van der Waals surface area (Å²) in [6.45, 7) is 5.05. The summed E-state index contributed by atoms with van der Waals surface area (Å²) in [4.78, 5) is 37.2. The number of benzene rings is 2. The fourth-order valence-electron chi connectivity index (χ4n) is 2.77. The van der Waals surface area contributed by atoms with Crippen LogP contribution in [0.2, 0.25) is 0 Å². The van der Waals surface area contributed by atoms with Gasteiger partial charge in [0.25, 0.3) is 17.4 Å². The molecular formula is C20H20N2O5. The molecule has 0 spiro atoms. The van der Waals surface area contributed by atoms with Crippen molar-refractivity contribution in [2.24, 2.45) is 0 Å². The average molecular weight is 368 g/mol. The Morgan fingerprint density at radius 3 is 2.59 bits per heavy atom. The Morgan fingerprint density at radius 1 is 1.15 bits per heavy atom. The van der Waals surface area contributed by atoms with Crippen LogP contribution >= 0.6 is 0 Å². The molecular weight excluding hydrogens is 348 g/mol. The van der Waals surface area contributed by atoms with Gasteiger partial charge in [-0.05, 0) is 56.2 Å². The molecule has 27 heavy (non-hydrogen) atoms. The molecule has 0 fully saturated rings. The summed E-state index contributed by atoms with van der Waals surface area (Å²) in [6, 6.07) is 10.1. The minimum absolute atomic E-state index is 0.329. The Labute approximate surface area is 156 Å². The van der Waals surface area contributed by atoms with E-state index in [0.29, 0.717) is 28.3 Å². The monoisotopic (exact) mass is 368 g/mol. The molecule has 0 bridgehead atoms. The van der Waals surface area contributed by atoms with Crippen molar-refractivity contribution in [3.05, 3.63) is 53.1 Å². The summed E-state index contributed by atoms with van der Waals surface area (Å²) in [5.74, 6) is -1.31. The van der Waals surface area contributed by atoms with E-state index < -0.39 is 23.4 Å². The van der Waals surface area contributed by atoms with Crippen LogP contribution in [0, 0.1) is 13.8 Å². The molecule has 0 saturated carbocycles. The zero-order valence-electron chi connectivity index (χ0n) is 15.5. The third-order valence-corrected chi connectivity index (χ3v) is 4.46. The number of hydrogen-bond donors (Lipinski definition) is 2. The minimum Gasteiger partial charge on any atom is -0.466 e. The first kappa shape index (κ1) is 18.4. The van der Waals surface area contributed by atoms with Crippen LogP contribution in [0.25, 0.3) is 0 Å². The fourth-order valence-corrected chi connectivity index (χ4v) is 2.77. The molecule has 7 nitrogen and oxygen atoms in total. The highest BCUT2D eigenvalue weighted by Gasteiger charge is 2.47. The van der Waals surface area contributed by atoms with Crippen LogP contribution in [0.4, 0.5) is 11.4 Å². The zero-order valence-corrected chi connectivity index (χ0v) is 15.5. The van der Waals surface area contributed by atoms with Gasteiger partial charge in [-0.3, -0.25) is 9.59 Å². The van der Waals surface area contributed by atoms with Gasteiger partial charge in [0, 0.05) is 5.69 Å². The van der Waals surface area contributed by atoms with Crippen molar-refractivity contribution in [2.45, 2.75) is 26.4 Å². The van der Waals surface area contributed by atoms with Gasteiger partial charge in [0.15, 0.2) is 0 Å². The number of fused-ring (bicyclic) bond motifs is 1. The molecule has 1 aliphatic heterocycles. The van der Waals surface area contributed by atoms with Crippen molar-refractivity contribution in [3.8, 4) is 5.75 Å². The number of methoxy groups -OCH3 is 1. The van der Waals surface area contributed by atoms with Gasteiger partial charge in [-0.15, -0.1) is 0 Å². The Kier molecular flexibility index (Phi) is 4.61. The van der Waals surface area contributed by atoms with Crippen molar-refractivity contribution in [2.75, 3.05) is 17.7 Å². The predicted octanol–water partition coefficient (Wildman–Crippen LogP) is 2.82. The second-order valence-electron chi connectivity index (χ2n) is 6.56. The number of esters is 1. The van der Waals surface area contributed by atoms with Crippen molar-refractivity contribution in [1.29, 1.82) is 0 Å². The number of ether oxygens (including phenoxy) is 2. The Hall–Kier alpha value is -3.35. The molecule has 0 saturated heterocycles. The van der Waals surface area contributed by atoms with E-state index in [0.717, 1.165) is 5.56 Å². The largest absolute Gasteiger partial charge is 0.466 e. The van der Waals surface area contributed by atoms with Crippen LogP contribution in [0.15, 0.2) is 36.4 Å². The molecule has 0 aromatic heterocycles. The SMILES string of the molecule is COC(=O)c1cc(NC(=O)C2(C)Oc3ccc(C)cc3NC2=O)ccc1C. The molecule has 2 aromatic carbocycles. The third kappa shape index (κ3) is 3.36. The summed E-state index contributed by atoms with van der Waals surface area (Å²) in [5, 5.41) is 5.35. The first-order valence-corrected chi connectivity index (χ1v) is 8.36. The van der Waals surface area contributed by atoms with Crippen LogP contribution in [-0.4, -0.2) is 30.5 Å². The molecule has 7 heteroatoms. The van der Waals surface area contributed by atoms with Crippen LogP contribution in [0.1, 0.15) is 28.4 Å². The molecule has 1 unspecified atom stereocenters. The highest BCUT2D eigenvalue weighted by molar-refractivity contribution is 6.19. The average Bonchev–Trinajstić information content (AvgIpc) is 2.63. The Morgan fingerprint density at radius 2 is 1.89 bits per heavy atom. The first-order chi connectivity index (χ1) is 12.7. The van der Waals surface area contributed by atoms with Crippen LogP contribution in [0.3, 0.4) is 0 Å². The van der Waals surface area contributed by atoms with Crippen LogP contribution < -0.4 is 15.4 Å². The number of rotatable bonds is 3. The Bertz CT molecular complexity index is 953. The van der Waals surface area contributed by atoms with Gasteiger partial charge in [-0.2, -0.15) is 0 Å². The molecule has 2 N–H and O–H groups in total. The van der Waals surface area contributed by atoms with E-state index in [9.17, 15) is 14.4 Å². The van der Waals surface area contributed by atoms with Crippen molar-refractivity contribution < 1.29 is 23.9 Å². The molecule has 2 amide bonds. The number of aryl methyl sites for hydroxylation is 2. The molecule has 3 rings (SSSR count). The van der Waals surface area contributed by atoms with Crippen molar-refractivity contribution in [3.63, 3.8) is 0 Å². The lowest BCUT2D eigenvalue weighted by Gasteiger charge is -2.33. The van der Waals surface area contributed by atoms with E-state index in [1.807, 2.05) is 13.0 Å². The topological polar surface area (TPSA) is 93.7 Å². The highest BCUT2D eigenvalue weighted by Crippen LogP contribution is 2.35. The summed E-state index contributed by atoms with van der Waals surface area (Å²) >= 11 is 0. The maximum atomic E-state index is 12.8. The van der Waals surface area contributed by atoms with Gasteiger partial charge in [0.2, 0.25) is 0 Å². The third-order valence-electron chi connectivity index (χ3n) is 4.46. The lowest BCUT2D eigenvalue weighted by Crippen LogP contribution is -2.56. The number of anilines is 2. The molecule has 1 aliphatic rings. The van der Waals surface area contributed by atoms with Crippen LogP contribution in [0.5, 0.6) is 5.75 Å². The van der Waals surface area contributed by atoms with E-state index in [1.54, 1.807) is 31.2 Å². The summed E-state index contributed by atoms with van der Waals surface area (Å²) in [5.41, 5.74) is 1.13. The quantitative estimate of drug-likeness (QED) is 0.642. The van der Waals surface area contributed by atoms with E-state index in [1.165, 1.54) is 20.1 Å². The summed E-state index contributed by atoms with van der Waals surface area (Å²) < 4.78 is 10.5. The van der Waals surface area contributed by atoms with Gasteiger partial charge in [-0.1, -0.05) is 12.1 Å². The molecule has 1 heterocycles. The molecule has 0 aliphatic carbocycles. The Balaban J connectivity index is 1.86. The predicted molar refractivity (Wildman–Crippen MR) is 100.0 cm³/mol. The van der Waals surface area contributed by atoms with Crippen molar-refractivity contribution in [1.82, 2.24) is 0 Å². The van der Waals surface area contributed by atoms with E-state index in [4.69, 9.17) is 9.47 Å².